The topological polar surface area (TPSA) is 44.8 Å². The van der Waals surface area contributed by atoms with Gasteiger partial charge in [-0.15, -0.1) is 0 Å². The minimum absolute atomic E-state index is 0.0456. The summed E-state index contributed by atoms with van der Waals surface area (Å²) in [5.74, 6) is 1.72. The molecule has 5 rings (SSSR count). The van der Waals surface area contributed by atoms with E-state index in [1.165, 1.54) is 0 Å². The fraction of sp³-hybridized carbons (Fsp3) is 0.208. The van der Waals surface area contributed by atoms with Crippen molar-refractivity contribution in [2.75, 3.05) is 23.3 Å². The van der Waals surface area contributed by atoms with E-state index < -0.39 is 0 Å². The third kappa shape index (κ3) is 3.40. The third-order valence-corrected chi connectivity index (χ3v) is 5.54. The maximum atomic E-state index is 12.9. The molecule has 0 aliphatic carbocycles. The summed E-state index contributed by atoms with van der Waals surface area (Å²) in [5, 5.41) is 3.02. The van der Waals surface area contributed by atoms with Gasteiger partial charge in [0.15, 0.2) is 11.5 Å². The number of amides is 2. The highest BCUT2D eigenvalue weighted by molar-refractivity contribution is 5.89. The van der Waals surface area contributed by atoms with Crippen LogP contribution in [0.2, 0.25) is 0 Å². The van der Waals surface area contributed by atoms with E-state index in [-0.39, 0.29) is 12.1 Å². The average molecular weight is 385 g/mol. The molecule has 1 atom stereocenters. The molecule has 0 saturated carbocycles. The van der Waals surface area contributed by atoms with Gasteiger partial charge < -0.3 is 19.9 Å². The molecule has 29 heavy (non-hydrogen) atoms. The smallest absolute Gasteiger partial charge is 0.321 e. The van der Waals surface area contributed by atoms with Gasteiger partial charge in [-0.3, -0.25) is 0 Å². The molecule has 2 aliphatic rings. The molecule has 3 aromatic rings. The average Bonchev–Trinajstić information content (AvgIpc) is 2.78. The van der Waals surface area contributed by atoms with Gasteiger partial charge in [0.2, 0.25) is 0 Å². The molecule has 2 heterocycles. The van der Waals surface area contributed by atoms with Crippen molar-refractivity contribution in [1.29, 1.82) is 0 Å². The Labute approximate surface area is 170 Å². The first-order valence-electron chi connectivity index (χ1n) is 10.1. The SMILES string of the molecule is O=C(Nc1ccccc1)N1CCC[C@H](N2c3ccccc3Oc3ccccc32)C1. The Morgan fingerprint density at radius 3 is 2.17 bits per heavy atom. The predicted octanol–water partition coefficient (Wildman–Crippen LogP) is 5.63. The molecular formula is C24H23N3O2. The number of carbonyl (C=O) groups excluding carboxylic acids is 1. The molecule has 0 spiro atoms. The minimum atomic E-state index is -0.0456. The number of piperidine rings is 1. The zero-order valence-electron chi connectivity index (χ0n) is 16.1. The summed E-state index contributed by atoms with van der Waals surface area (Å²) >= 11 is 0. The summed E-state index contributed by atoms with van der Waals surface area (Å²) in [6, 6.07) is 26.0. The monoisotopic (exact) mass is 385 g/mol. The Kier molecular flexibility index (Phi) is 4.56. The summed E-state index contributed by atoms with van der Waals surface area (Å²) in [4.78, 5) is 17.1. The zero-order valence-corrected chi connectivity index (χ0v) is 16.1. The second-order valence-electron chi connectivity index (χ2n) is 7.45. The van der Waals surface area contributed by atoms with Crippen molar-refractivity contribution < 1.29 is 9.53 Å². The van der Waals surface area contributed by atoms with Gasteiger partial charge in [0, 0.05) is 18.8 Å². The Morgan fingerprint density at radius 1 is 0.862 bits per heavy atom. The van der Waals surface area contributed by atoms with E-state index in [1.807, 2.05) is 71.6 Å². The molecule has 0 aromatic heterocycles. The molecule has 3 aromatic carbocycles. The van der Waals surface area contributed by atoms with Crippen LogP contribution in [0.5, 0.6) is 11.5 Å². The first kappa shape index (κ1) is 17.6. The number of anilines is 3. The van der Waals surface area contributed by atoms with E-state index in [0.29, 0.717) is 6.54 Å². The van der Waals surface area contributed by atoms with Crippen molar-refractivity contribution in [1.82, 2.24) is 4.90 Å². The maximum absolute atomic E-state index is 12.9. The number of rotatable bonds is 2. The van der Waals surface area contributed by atoms with Crippen molar-refractivity contribution in [2.45, 2.75) is 18.9 Å². The third-order valence-electron chi connectivity index (χ3n) is 5.54. The normalized spacial score (nSPS) is 17.7. The molecule has 1 saturated heterocycles. The largest absolute Gasteiger partial charge is 0.453 e. The van der Waals surface area contributed by atoms with E-state index in [9.17, 15) is 4.79 Å². The summed E-state index contributed by atoms with van der Waals surface area (Å²) in [6.07, 6.45) is 1.99. The summed E-state index contributed by atoms with van der Waals surface area (Å²) < 4.78 is 6.12. The Morgan fingerprint density at radius 2 is 1.48 bits per heavy atom. The molecule has 1 fully saturated rings. The van der Waals surface area contributed by atoms with Gasteiger partial charge in [-0.05, 0) is 49.2 Å². The van der Waals surface area contributed by atoms with E-state index in [0.717, 1.165) is 47.9 Å². The Bertz CT molecular complexity index is 976. The van der Waals surface area contributed by atoms with Crippen LogP contribution in [0.15, 0.2) is 78.9 Å². The molecule has 2 aliphatic heterocycles. The van der Waals surface area contributed by atoms with Crippen molar-refractivity contribution in [2.24, 2.45) is 0 Å². The van der Waals surface area contributed by atoms with Crippen LogP contribution in [0.4, 0.5) is 21.9 Å². The van der Waals surface area contributed by atoms with Crippen molar-refractivity contribution in [3.63, 3.8) is 0 Å². The summed E-state index contributed by atoms with van der Waals surface area (Å²) in [5.41, 5.74) is 2.93. The number of nitrogens with zero attached hydrogens (tertiary/aromatic N) is 2. The second-order valence-corrected chi connectivity index (χ2v) is 7.45. The number of urea groups is 1. The number of ether oxygens (including phenoxy) is 1. The second kappa shape index (κ2) is 7.51. The standard InChI is InChI=1S/C24H23N3O2/c28-24(25-18-9-2-1-3-10-18)26-16-8-11-19(17-26)27-20-12-4-6-14-22(20)29-23-15-7-5-13-21(23)27/h1-7,9-10,12-15,19H,8,11,16-17H2,(H,25,28)/t19-/m0/s1. The number of carbonyl (C=O) groups is 1. The van der Waals surface area contributed by atoms with Crippen LogP contribution in [0.25, 0.3) is 0 Å². The lowest BCUT2D eigenvalue weighted by atomic mass is 10.0. The van der Waals surface area contributed by atoms with E-state index in [2.05, 4.69) is 22.3 Å². The van der Waals surface area contributed by atoms with Gasteiger partial charge >= 0.3 is 6.03 Å². The van der Waals surface area contributed by atoms with Gasteiger partial charge in [-0.2, -0.15) is 0 Å². The molecule has 0 unspecified atom stereocenters. The first-order chi connectivity index (χ1) is 14.3. The number of nitrogens with one attached hydrogen (secondary N) is 1. The van der Waals surface area contributed by atoms with E-state index in [1.54, 1.807) is 0 Å². The highest BCUT2D eigenvalue weighted by Crippen LogP contribution is 2.48. The lowest BCUT2D eigenvalue weighted by molar-refractivity contribution is 0.192. The number of benzene rings is 3. The van der Waals surface area contributed by atoms with Crippen molar-refractivity contribution in [3.05, 3.63) is 78.9 Å². The number of likely N-dealkylation sites (tertiary alicyclic amines) is 1. The Hall–Kier alpha value is -3.47. The van der Waals surface area contributed by atoms with Crippen LogP contribution in [0, 0.1) is 0 Å². The minimum Gasteiger partial charge on any atom is -0.453 e. The zero-order chi connectivity index (χ0) is 19.6. The summed E-state index contributed by atoms with van der Waals surface area (Å²) in [7, 11) is 0. The highest BCUT2D eigenvalue weighted by atomic mass is 16.5. The molecule has 1 N–H and O–H groups in total. The van der Waals surface area contributed by atoms with Crippen LogP contribution in [-0.4, -0.2) is 30.1 Å². The maximum Gasteiger partial charge on any atom is 0.321 e. The molecule has 5 heteroatoms. The van der Waals surface area contributed by atoms with E-state index >= 15 is 0 Å². The molecule has 2 amide bonds. The lowest BCUT2D eigenvalue weighted by Crippen LogP contribution is -2.50. The van der Waals surface area contributed by atoms with Gasteiger partial charge in [-0.1, -0.05) is 42.5 Å². The fourth-order valence-electron chi connectivity index (χ4n) is 4.20. The van der Waals surface area contributed by atoms with Crippen LogP contribution >= 0.6 is 0 Å². The van der Waals surface area contributed by atoms with Crippen molar-refractivity contribution in [3.8, 4) is 11.5 Å². The van der Waals surface area contributed by atoms with Crippen molar-refractivity contribution >= 4 is 23.1 Å². The lowest BCUT2D eigenvalue weighted by Gasteiger charge is -2.43. The first-order valence-corrected chi connectivity index (χ1v) is 10.1. The number of hydrogen-bond acceptors (Lipinski definition) is 3. The number of fused-ring (bicyclic) bond motifs is 2. The van der Waals surface area contributed by atoms with Gasteiger partial charge in [0.05, 0.1) is 17.4 Å². The molecule has 146 valence electrons. The molecule has 5 nitrogen and oxygen atoms in total. The van der Waals surface area contributed by atoms with Crippen LogP contribution in [-0.2, 0) is 0 Å². The van der Waals surface area contributed by atoms with Gasteiger partial charge in [0.1, 0.15) is 0 Å². The van der Waals surface area contributed by atoms with Gasteiger partial charge in [-0.25, -0.2) is 4.79 Å². The predicted molar refractivity (Wildman–Crippen MR) is 115 cm³/mol. The Balaban J connectivity index is 1.42. The molecule has 0 radical (unpaired) electrons. The molecule has 0 bridgehead atoms. The fourth-order valence-corrected chi connectivity index (χ4v) is 4.20. The quantitative estimate of drug-likeness (QED) is 0.622. The molecular weight excluding hydrogens is 362 g/mol. The van der Waals surface area contributed by atoms with Crippen LogP contribution < -0.4 is 15.0 Å². The highest BCUT2D eigenvalue weighted by Gasteiger charge is 2.33. The van der Waals surface area contributed by atoms with E-state index in [4.69, 9.17) is 4.74 Å². The number of para-hydroxylation sites is 5. The summed E-state index contributed by atoms with van der Waals surface area (Å²) in [6.45, 7) is 1.43. The van der Waals surface area contributed by atoms with Crippen LogP contribution in [0.1, 0.15) is 12.8 Å². The van der Waals surface area contributed by atoms with Crippen LogP contribution in [0.3, 0.4) is 0 Å². The number of hydrogen-bond donors (Lipinski definition) is 1. The van der Waals surface area contributed by atoms with Gasteiger partial charge in [0.25, 0.3) is 0 Å².